The Morgan fingerprint density at radius 2 is 2.20 bits per heavy atom. The number of aromatic nitrogens is 1. The molecule has 0 radical (unpaired) electrons. The van der Waals surface area contributed by atoms with Gasteiger partial charge < -0.3 is 14.6 Å². The molecule has 0 saturated carbocycles. The SMILES string of the molecule is COCCNCc1cccn1Cc1cccc(C#N)c1. The molecule has 104 valence electrons. The summed E-state index contributed by atoms with van der Waals surface area (Å²) in [5.74, 6) is 0. The van der Waals surface area contributed by atoms with E-state index in [1.54, 1.807) is 7.11 Å². The highest BCUT2D eigenvalue weighted by molar-refractivity contribution is 5.33. The van der Waals surface area contributed by atoms with E-state index in [4.69, 9.17) is 10.00 Å². The van der Waals surface area contributed by atoms with E-state index in [-0.39, 0.29) is 0 Å². The van der Waals surface area contributed by atoms with Crippen LogP contribution in [0.25, 0.3) is 0 Å². The molecule has 0 aliphatic carbocycles. The van der Waals surface area contributed by atoms with Crippen LogP contribution in [0.3, 0.4) is 0 Å². The van der Waals surface area contributed by atoms with Crippen molar-refractivity contribution in [3.63, 3.8) is 0 Å². The first-order valence-electron chi connectivity index (χ1n) is 6.66. The number of hydrogen-bond donors (Lipinski definition) is 1. The molecule has 0 aliphatic rings. The minimum absolute atomic E-state index is 0.703. The van der Waals surface area contributed by atoms with Crippen LogP contribution in [-0.2, 0) is 17.8 Å². The second-order valence-electron chi connectivity index (χ2n) is 4.61. The van der Waals surface area contributed by atoms with Gasteiger partial charge >= 0.3 is 0 Å². The normalized spacial score (nSPS) is 10.4. The van der Waals surface area contributed by atoms with Crippen molar-refractivity contribution in [2.45, 2.75) is 13.1 Å². The van der Waals surface area contributed by atoms with Gasteiger partial charge in [0.1, 0.15) is 0 Å². The Hall–Kier alpha value is -2.09. The van der Waals surface area contributed by atoms with Gasteiger partial charge in [-0.2, -0.15) is 5.26 Å². The largest absolute Gasteiger partial charge is 0.383 e. The summed E-state index contributed by atoms with van der Waals surface area (Å²) in [6.45, 7) is 3.15. The first-order chi connectivity index (χ1) is 9.83. The molecule has 1 N–H and O–H groups in total. The van der Waals surface area contributed by atoms with Gasteiger partial charge in [-0.25, -0.2) is 0 Å². The molecule has 0 atom stereocenters. The van der Waals surface area contributed by atoms with Gasteiger partial charge in [-0.1, -0.05) is 12.1 Å². The van der Waals surface area contributed by atoms with Crippen LogP contribution in [0.1, 0.15) is 16.8 Å². The fourth-order valence-electron chi connectivity index (χ4n) is 2.09. The molecule has 0 amide bonds. The topological polar surface area (TPSA) is 50.0 Å². The molecule has 1 aromatic carbocycles. The summed E-state index contributed by atoms with van der Waals surface area (Å²) in [6.07, 6.45) is 2.06. The summed E-state index contributed by atoms with van der Waals surface area (Å²) in [4.78, 5) is 0. The predicted octanol–water partition coefficient (Wildman–Crippen LogP) is 2.14. The zero-order valence-electron chi connectivity index (χ0n) is 11.7. The van der Waals surface area contributed by atoms with Crippen LogP contribution in [0.15, 0.2) is 42.6 Å². The number of hydrogen-bond acceptors (Lipinski definition) is 3. The molecule has 0 unspecified atom stereocenters. The van der Waals surface area contributed by atoms with Gasteiger partial charge in [0.25, 0.3) is 0 Å². The van der Waals surface area contributed by atoms with Crippen molar-refractivity contribution in [1.29, 1.82) is 5.26 Å². The molecule has 20 heavy (non-hydrogen) atoms. The molecule has 4 heteroatoms. The Labute approximate surface area is 119 Å². The molecule has 0 spiro atoms. The summed E-state index contributed by atoms with van der Waals surface area (Å²) in [7, 11) is 1.70. The molecule has 0 saturated heterocycles. The molecule has 1 aromatic heterocycles. The van der Waals surface area contributed by atoms with Gasteiger partial charge in [-0.3, -0.25) is 0 Å². The van der Waals surface area contributed by atoms with E-state index in [1.165, 1.54) is 5.69 Å². The fourth-order valence-corrected chi connectivity index (χ4v) is 2.09. The number of rotatable bonds is 7. The van der Waals surface area contributed by atoms with Gasteiger partial charge in [0, 0.05) is 38.6 Å². The van der Waals surface area contributed by atoms with Gasteiger partial charge in [0.05, 0.1) is 18.2 Å². The first kappa shape index (κ1) is 14.3. The third-order valence-corrected chi connectivity index (χ3v) is 3.12. The molecule has 2 aromatic rings. The highest BCUT2D eigenvalue weighted by Crippen LogP contribution is 2.09. The van der Waals surface area contributed by atoms with Crippen molar-refractivity contribution in [2.75, 3.05) is 20.3 Å². The molecule has 0 bridgehead atoms. The number of ether oxygens (including phenoxy) is 1. The van der Waals surface area contributed by atoms with E-state index in [0.717, 1.165) is 25.2 Å². The number of methoxy groups -OCH3 is 1. The van der Waals surface area contributed by atoms with Crippen molar-refractivity contribution in [3.8, 4) is 6.07 Å². The van der Waals surface area contributed by atoms with Gasteiger partial charge in [0.15, 0.2) is 0 Å². The maximum absolute atomic E-state index is 8.93. The number of nitrogens with one attached hydrogen (secondary N) is 1. The summed E-state index contributed by atoms with van der Waals surface area (Å²) in [5, 5.41) is 12.3. The minimum atomic E-state index is 0.703. The van der Waals surface area contributed by atoms with E-state index >= 15 is 0 Å². The monoisotopic (exact) mass is 269 g/mol. The Balaban J connectivity index is 1.99. The lowest BCUT2D eigenvalue weighted by Gasteiger charge is -2.10. The molecular formula is C16H19N3O. The van der Waals surface area contributed by atoms with Gasteiger partial charge in [0.2, 0.25) is 0 Å². The van der Waals surface area contributed by atoms with Crippen LogP contribution in [0.4, 0.5) is 0 Å². The lowest BCUT2D eigenvalue weighted by atomic mass is 10.1. The van der Waals surface area contributed by atoms with E-state index in [0.29, 0.717) is 12.2 Å². The van der Waals surface area contributed by atoms with Crippen LogP contribution in [0.2, 0.25) is 0 Å². The van der Waals surface area contributed by atoms with Crippen LogP contribution in [-0.4, -0.2) is 24.8 Å². The van der Waals surface area contributed by atoms with E-state index in [2.05, 4.69) is 28.2 Å². The second kappa shape index (κ2) is 7.49. The second-order valence-corrected chi connectivity index (χ2v) is 4.61. The van der Waals surface area contributed by atoms with Crippen molar-refractivity contribution < 1.29 is 4.74 Å². The standard InChI is InChI=1S/C16H19N3O/c1-20-9-7-18-12-16-6-3-8-19(16)13-15-5-2-4-14(10-15)11-17/h2-6,8,10,18H,7,9,12-13H2,1H3. The third-order valence-electron chi connectivity index (χ3n) is 3.12. The van der Waals surface area contributed by atoms with Crippen molar-refractivity contribution >= 4 is 0 Å². The average molecular weight is 269 g/mol. The Morgan fingerprint density at radius 3 is 3.00 bits per heavy atom. The fraction of sp³-hybridized carbons (Fsp3) is 0.312. The lowest BCUT2D eigenvalue weighted by molar-refractivity contribution is 0.199. The molecule has 2 rings (SSSR count). The van der Waals surface area contributed by atoms with E-state index < -0.39 is 0 Å². The Bertz CT molecular complexity index is 583. The van der Waals surface area contributed by atoms with Gasteiger partial charge in [-0.15, -0.1) is 0 Å². The quantitative estimate of drug-likeness (QED) is 0.783. The van der Waals surface area contributed by atoms with Crippen molar-refractivity contribution in [2.24, 2.45) is 0 Å². The van der Waals surface area contributed by atoms with E-state index in [9.17, 15) is 0 Å². The molecular weight excluding hydrogens is 250 g/mol. The molecule has 1 heterocycles. The van der Waals surface area contributed by atoms with E-state index in [1.807, 2.05) is 30.3 Å². The summed E-state index contributed by atoms with van der Waals surface area (Å²) in [5.41, 5.74) is 3.07. The minimum Gasteiger partial charge on any atom is -0.383 e. The lowest BCUT2D eigenvalue weighted by Crippen LogP contribution is -2.20. The Morgan fingerprint density at radius 1 is 1.30 bits per heavy atom. The maximum atomic E-state index is 8.93. The maximum Gasteiger partial charge on any atom is 0.0991 e. The summed E-state index contributed by atoms with van der Waals surface area (Å²) in [6, 6.07) is 14.1. The highest BCUT2D eigenvalue weighted by Gasteiger charge is 2.02. The van der Waals surface area contributed by atoms with Gasteiger partial charge in [-0.05, 0) is 29.8 Å². The van der Waals surface area contributed by atoms with Crippen molar-refractivity contribution in [3.05, 3.63) is 59.4 Å². The van der Waals surface area contributed by atoms with Crippen LogP contribution >= 0.6 is 0 Å². The van der Waals surface area contributed by atoms with Crippen LogP contribution in [0, 0.1) is 11.3 Å². The number of nitriles is 1. The molecule has 4 nitrogen and oxygen atoms in total. The highest BCUT2D eigenvalue weighted by atomic mass is 16.5. The zero-order chi connectivity index (χ0) is 14.2. The Kier molecular flexibility index (Phi) is 5.36. The summed E-state index contributed by atoms with van der Waals surface area (Å²) >= 11 is 0. The van der Waals surface area contributed by atoms with Crippen LogP contribution in [0.5, 0.6) is 0 Å². The van der Waals surface area contributed by atoms with Crippen molar-refractivity contribution in [1.82, 2.24) is 9.88 Å². The first-order valence-corrected chi connectivity index (χ1v) is 6.66. The molecule has 0 aliphatic heterocycles. The summed E-state index contributed by atoms with van der Waals surface area (Å²) < 4.78 is 7.20. The zero-order valence-corrected chi connectivity index (χ0v) is 11.7. The van der Waals surface area contributed by atoms with Crippen LogP contribution < -0.4 is 5.32 Å². The smallest absolute Gasteiger partial charge is 0.0991 e. The molecule has 0 fully saturated rings. The third kappa shape index (κ3) is 3.95. The number of benzene rings is 1. The average Bonchev–Trinajstić information content (AvgIpc) is 2.91. The predicted molar refractivity (Wildman–Crippen MR) is 78.3 cm³/mol. The number of nitrogens with zero attached hydrogens (tertiary/aromatic N) is 2.